The van der Waals surface area contributed by atoms with Crippen LogP contribution in [0.2, 0.25) is 0 Å². The molecule has 0 amide bonds. The lowest BCUT2D eigenvalue weighted by molar-refractivity contribution is -0.132. The summed E-state index contributed by atoms with van der Waals surface area (Å²) in [5, 5.41) is 0. The summed E-state index contributed by atoms with van der Waals surface area (Å²) in [6.07, 6.45) is 3.28. The van der Waals surface area contributed by atoms with Crippen LogP contribution < -0.4 is 9.47 Å². The zero-order valence-electron chi connectivity index (χ0n) is 13.3. The van der Waals surface area contributed by atoms with E-state index >= 15 is 0 Å². The van der Waals surface area contributed by atoms with Gasteiger partial charge in [0, 0.05) is 12.5 Å². The van der Waals surface area contributed by atoms with Crippen LogP contribution in [0, 0.1) is 13.8 Å². The average molecular weight is 292 g/mol. The molecule has 4 nitrogen and oxygen atoms in total. The van der Waals surface area contributed by atoms with Crippen LogP contribution in [0.3, 0.4) is 0 Å². The van der Waals surface area contributed by atoms with Crippen molar-refractivity contribution < 1.29 is 19.0 Å². The van der Waals surface area contributed by atoms with Gasteiger partial charge in [-0.25, -0.2) is 0 Å². The molecule has 0 saturated carbocycles. The molecule has 0 aromatic heterocycles. The van der Waals surface area contributed by atoms with E-state index in [0.29, 0.717) is 12.4 Å². The van der Waals surface area contributed by atoms with E-state index in [-0.39, 0.29) is 12.1 Å². The van der Waals surface area contributed by atoms with Gasteiger partial charge >= 0.3 is 5.97 Å². The number of aryl methyl sites for hydroxylation is 1. The molecule has 4 heteroatoms. The summed E-state index contributed by atoms with van der Waals surface area (Å²) in [5.41, 5.74) is 3.08. The first-order valence-electron chi connectivity index (χ1n) is 7.58. The maximum absolute atomic E-state index is 11.3. The first-order chi connectivity index (χ1) is 10.0. The van der Waals surface area contributed by atoms with E-state index in [9.17, 15) is 4.79 Å². The Morgan fingerprint density at radius 2 is 2.14 bits per heavy atom. The van der Waals surface area contributed by atoms with E-state index in [1.807, 2.05) is 19.9 Å². The second-order valence-corrected chi connectivity index (χ2v) is 5.59. The minimum absolute atomic E-state index is 0.233. The minimum Gasteiger partial charge on any atom is -0.490 e. The van der Waals surface area contributed by atoms with Crippen LogP contribution in [0.4, 0.5) is 0 Å². The maximum Gasteiger partial charge on any atom is 0.308 e. The normalized spacial score (nSPS) is 16.7. The number of unbranched alkanes of at least 4 members (excludes halogenated alkanes) is 1. The van der Waals surface area contributed by atoms with E-state index in [1.54, 1.807) is 0 Å². The van der Waals surface area contributed by atoms with Crippen molar-refractivity contribution in [2.75, 3.05) is 13.2 Å². The monoisotopic (exact) mass is 292 g/mol. The van der Waals surface area contributed by atoms with Gasteiger partial charge in [-0.15, -0.1) is 0 Å². The van der Waals surface area contributed by atoms with Gasteiger partial charge in [-0.05, 0) is 43.9 Å². The zero-order chi connectivity index (χ0) is 15.4. The molecule has 0 bridgehead atoms. The molecule has 0 N–H and O–H groups in total. The van der Waals surface area contributed by atoms with Crippen LogP contribution in [0.5, 0.6) is 11.5 Å². The Morgan fingerprint density at radius 1 is 1.43 bits per heavy atom. The van der Waals surface area contributed by atoms with Crippen LogP contribution >= 0.6 is 0 Å². The number of ether oxygens (including phenoxy) is 3. The second kappa shape index (κ2) is 6.94. The molecule has 1 saturated heterocycles. The molecule has 1 aromatic rings. The lowest BCUT2D eigenvalue weighted by Crippen LogP contribution is -2.10. The Bertz CT molecular complexity index is 518. The van der Waals surface area contributed by atoms with E-state index < -0.39 is 0 Å². The Balaban J connectivity index is 2.29. The zero-order valence-corrected chi connectivity index (χ0v) is 13.3. The molecule has 1 aromatic carbocycles. The van der Waals surface area contributed by atoms with Gasteiger partial charge < -0.3 is 14.2 Å². The van der Waals surface area contributed by atoms with Crippen molar-refractivity contribution in [1.82, 2.24) is 0 Å². The topological polar surface area (TPSA) is 48.1 Å². The first-order valence-corrected chi connectivity index (χ1v) is 7.58. The van der Waals surface area contributed by atoms with Gasteiger partial charge in [0.2, 0.25) is 0 Å². The fourth-order valence-electron chi connectivity index (χ4n) is 2.36. The minimum atomic E-state index is -0.282. The highest BCUT2D eigenvalue weighted by Gasteiger charge is 2.24. The molecule has 21 heavy (non-hydrogen) atoms. The molecular weight excluding hydrogens is 268 g/mol. The Morgan fingerprint density at radius 3 is 2.71 bits per heavy atom. The van der Waals surface area contributed by atoms with E-state index in [2.05, 4.69) is 6.92 Å². The number of hydrogen-bond acceptors (Lipinski definition) is 4. The van der Waals surface area contributed by atoms with Crippen molar-refractivity contribution in [2.24, 2.45) is 0 Å². The summed E-state index contributed by atoms with van der Waals surface area (Å²) >= 11 is 0. The average Bonchev–Trinajstić information content (AvgIpc) is 3.24. The third-order valence-electron chi connectivity index (χ3n) is 3.66. The van der Waals surface area contributed by atoms with E-state index in [1.165, 1.54) is 6.92 Å². The molecule has 1 aliphatic heterocycles. The first kappa shape index (κ1) is 15.8. The number of epoxide rings is 1. The van der Waals surface area contributed by atoms with Crippen LogP contribution in [0.15, 0.2) is 6.07 Å². The molecule has 0 radical (unpaired) electrons. The maximum atomic E-state index is 11.3. The third kappa shape index (κ3) is 4.21. The van der Waals surface area contributed by atoms with Crippen molar-refractivity contribution in [3.63, 3.8) is 0 Å². The molecule has 1 aliphatic rings. The molecule has 0 aliphatic carbocycles. The Kier molecular flexibility index (Phi) is 5.23. The largest absolute Gasteiger partial charge is 0.490 e. The highest BCUT2D eigenvalue weighted by molar-refractivity contribution is 5.71. The van der Waals surface area contributed by atoms with E-state index in [0.717, 1.165) is 48.3 Å². The van der Waals surface area contributed by atoms with Gasteiger partial charge in [-0.1, -0.05) is 13.3 Å². The smallest absolute Gasteiger partial charge is 0.308 e. The van der Waals surface area contributed by atoms with Gasteiger partial charge in [0.25, 0.3) is 0 Å². The quantitative estimate of drug-likeness (QED) is 0.439. The van der Waals surface area contributed by atoms with Crippen LogP contribution in [0.25, 0.3) is 0 Å². The lowest BCUT2D eigenvalue weighted by atomic mass is 9.98. The molecule has 1 unspecified atom stereocenters. The lowest BCUT2D eigenvalue weighted by Gasteiger charge is -2.18. The summed E-state index contributed by atoms with van der Waals surface area (Å²) in [5.74, 6) is 1.28. The van der Waals surface area contributed by atoms with Gasteiger partial charge in [-0.2, -0.15) is 0 Å². The number of rotatable bonds is 7. The third-order valence-corrected chi connectivity index (χ3v) is 3.66. The predicted molar refractivity (Wildman–Crippen MR) is 81.1 cm³/mol. The van der Waals surface area contributed by atoms with Crippen molar-refractivity contribution in [2.45, 2.75) is 53.1 Å². The van der Waals surface area contributed by atoms with Crippen molar-refractivity contribution in [1.29, 1.82) is 0 Å². The highest BCUT2D eigenvalue weighted by Crippen LogP contribution is 2.35. The molecule has 0 spiro atoms. The number of carbonyl (C=O) groups excluding carboxylic acids is 1. The molecular formula is C17H24O4. The summed E-state index contributed by atoms with van der Waals surface area (Å²) in [4.78, 5) is 11.3. The molecule has 1 atom stereocenters. The fraction of sp³-hybridized carbons (Fsp3) is 0.588. The summed E-state index contributed by atoms with van der Waals surface area (Å²) in [6, 6.07) is 1.95. The van der Waals surface area contributed by atoms with Gasteiger partial charge in [-0.3, -0.25) is 4.79 Å². The van der Waals surface area contributed by atoms with Crippen molar-refractivity contribution >= 4 is 5.97 Å². The predicted octanol–water partition coefficient (Wildman–Crippen LogP) is 3.35. The van der Waals surface area contributed by atoms with Crippen LogP contribution in [0.1, 0.15) is 43.4 Å². The number of esters is 1. The molecule has 2 rings (SSSR count). The SMILES string of the molecule is CCCCc1c(C)c(OCC2CO2)cc(C)c1OC(C)=O. The van der Waals surface area contributed by atoms with Gasteiger partial charge in [0.1, 0.15) is 24.2 Å². The highest BCUT2D eigenvalue weighted by atomic mass is 16.6. The van der Waals surface area contributed by atoms with Crippen LogP contribution in [-0.2, 0) is 16.0 Å². The molecule has 1 fully saturated rings. The molecule has 116 valence electrons. The summed E-state index contributed by atoms with van der Waals surface area (Å²) < 4.78 is 16.5. The standard InChI is InChI=1S/C17H24O4/c1-5-6-7-15-12(3)16(20-10-14-9-19-14)8-11(2)17(15)21-13(4)18/h8,14H,5-7,9-10H2,1-4H3. The van der Waals surface area contributed by atoms with Gasteiger partial charge in [0.15, 0.2) is 0 Å². The second-order valence-electron chi connectivity index (χ2n) is 5.59. The van der Waals surface area contributed by atoms with E-state index in [4.69, 9.17) is 14.2 Å². The summed E-state index contributed by atoms with van der Waals surface area (Å²) in [6.45, 7) is 8.94. The number of carbonyl (C=O) groups is 1. The van der Waals surface area contributed by atoms with Crippen LogP contribution in [-0.4, -0.2) is 25.3 Å². The van der Waals surface area contributed by atoms with Gasteiger partial charge in [0.05, 0.1) is 6.61 Å². The fourth-order valence-corrected chi connectivity index (χ4v) is 2.36. The summed E-state index contributed by atoms with van der Waals surface area (Å²) in [7, 11) is 0. The van der Waals surface area contributed by atoms with Crippen molar-refractivity contribution in [3.05, 3.63) is 22.8 Å². The molecule has 1 heterocycles. The number of hydrogen-bond donors (Lipinski definition) is 0. The van der Waals surface area contributed by atoms with Crippen molar-refractivity contribution in [3.8, 4) is 11.5 Å². The number of benzene rings is 1. The Hall–Kier alpha value is -1.55. The Labute approximate surface area is 126 Å².